The van der Waals surface area contributed by atoms with Gasteiger partial charge in [0.05, 0.1) is 25.6 Å². The van der Waals surface area contributed by atoms with Crippen LogP contribution in [-0.2, 0) is 30.2 Å². The van der Waals surface area contributed by atoms with E-state index in [2.05, 4.69) is 25.1 Å². The second-order valence-corrected chi connectivity index (χ2v) is 11.3. The van der Waals surface area contributed by atoms with Gasteiger partial charge in [0.15, 0.2) is 11.5 Å². The van der Waals surface area contributed by atoms with Crippen molar-refractivity contribution in [2.45, 2.75) is 65.8 Å². The van der Waals surface area contributed by atoms with Gasteiger partial charge in [-0.3, -0.25) is 14.2 Å². The fourth-order valence-electron chi connectivity index (χ4n) is 2.93. The van der Waals surface area contributed by atoms with Crippen LogP contribution in [0.3, 0.4) is 0 Å². The number of anilines is 1. The molecule has 190 valence electrons. The standard InChI is InChI=1S/C20H34N7O6P/c1-12(2)8-32-18(28)14(4)25-34(31,26-20(5,6)19(29)30)11-33-13(3)7-27-10-24-15-16(21)22-9-23-17(15)27/h9-10,12-14H,7-8,11H2,1-6H3,(H,29,30)(H2,21,22,23)(H2,25,26,31). The lowest BCUT2D eigenvalue weighted by molar-refractivity contribution is -0.146. The summed E-state index contributed by atoms with van der Waals surface area (Å²) in [5, 5.41) is 14.8. The number of nitrogens with zero attached hydrogens (tertiary/aromatic N) is 4. The molecule has 0 amide bonds. The van der Waals surface area contributed by atoms with E-state index in [-0.39, 0.29) is 24.7 Å². The van der Waals surface area contributed by atoms with Gasteiger partial charge < -0.3 is 24.9 Å². The van der Waals surface area contributed by atoms with Crippen LogP contribution in [0.1, 0.15) is 41.5 Å². The number of esters is 1. The number of carbonyl (C=O) groups excluding carboxylic acids is 1. The zero-order valence-electron chi connectivity index (χ0n) is 20.3. The van der Waals surface area contributed by atoms with Crippen molar-refractivity contribution in [1.82, 2.24) is 29.7 Å². The third-order valence-electron chi connectivity index (χ3n) is 4.73. The quantitative estimate of drug-likeness (QED) is 0.231. The fourth-order valence-corrected chi connectivity index (χ4v) is 5.33. The minimum absolute atomic E-state index is 0.135. The molecular weight excluding hydrogens is 465 g/mol. The minimum atomic E-state index is -3.73. The molecule has 0 aliphatic rings. The highest BCUT2D eigenvalue weighted by atomic mass is 31.2. The highest BCUT2D eigenvalue weighted by molar-refractivity contribution is 7.59. The monoisotopic (exact) mass is 499 g/mol. The number of aliphatic carboxylic acids is 1. The van der Waals surface area contributed by atoms with Gasteiger partial charge in [0, 0.05) is 0 Å². The first kappa shape index (κ1) is 27.6. The molecule has 2 heterocycles. The van der Waals surface area contributed by atoms with Crippen molar-refractivity contribution in [2.75, 3.05) is 18.7 Å². The Kier molecular flexibility index (Phi) is 9.12. The number of hydrogen-bond acceptors (Lipinski definition) is 9. The molecule has 0 aliphatic heterocycles. The molecule has 3 atom stereocenters. The van der Waals surface area contributed by atoms with E-state index in [9.17, 15) is 19.3 Å². The maximum absolute atomic E-state index is 13.7. The van der Waals surface area contributed by atoms with E-state index in [0.717, 1.165) is 0 Å². The van der Waals surface area contributed by atoms with Crippen molar-refractivity contribution in [1.29, 1.82) is 0 Å². The summed E-state index contributed by atoms with van der Waals surface area (Å²) in [7, 11) is -3.73. The molecule has 0 aromatic carbocycles. The Labute approximate surface area is 198 Å². The molecule has 2 aromatic heterocycles. The number of ether oxygens (including phenoxy) is 2. The predicted molar refractivity (Wildman–Crippen MR) is 126 cm³/mol. The average Bonchev–Trinajstić information content (AvgIpc) is 3.14. The van der Waals surface area contributed by atoms with Crippen molar-refractivity contribution in [3.8, 4) is 0 Å². The molecule has 0 spiro atoms. The van der Waals surface area contributed by atoms with Gasteiger partial charge in [-0.15, -0.1) is 0 Å². The van der Waals surface area contributed by atoms with Crippen molar-refractivity contribution in [3.05, 3.63) is 12.7 Å². The van der Waals surface area contributed by atoms with Gasteiger partial charge in [-0.25, -0.2) is 25.1 Å². The Morgan fingerprint density at radius 3 is 2.53 bits per heavy atom. The molecule has 0 bridgehead atoms. The first-order valence-corrected chi connectivity index (χ1v) is 12.7. The summed E-state index contributed by atoms with van der Waals surface area (Å²) < 4.78 is 26.4. The summed E-state index contributed by atoms with van der Waals surface area (Å²) in [6.07, 6.45) is 2.03. The SMILES string of the molecule is CC(C)COC(=O)C(C)NP(=O)(COC(C)Cn1cnc2c(N)ncnc21)NC(C)(C)C(=O)O. The number of rotatable bonds is 13. The zero-order valence-corrected chi connectivity index (χ0v) is 21.2. The number of hydrogen-bond donors (Lipinski definition) is 4. The van der Waals surface area contributed by atoms with E-state index < -0.39 is 37.1 Å². The van der Waals surface area contributed by atoms with Crippen LogP contribution in [0.2, 0.25) is 0 Å². The number of nitrogens with two attached hydrogens (primary N) is 1. The smallest absolute Gasteiger partial charge is 0.323 e. The molecule has 0 saturated heterocycles. The summed E-state index contributed by atoms with van der Waals surface area (Å²) in [4.78, 5) is 36.2. The minimum Gasteiger partial charge on any atom is -0.480 e. The summed E-state index contributed by atoms with van der Waals surface area (Å²) in [5.41, 5.74) is 5.24. The number of nitrogens with one attached hydrogen (secondary N) is 2. The van der Waals surface area contributed by atoms with Gasteiger partial charge in [-0.1, -0.05) is 13.8 Å². The molecule has 2 rings (SSSR count). The van der Waals surface area contributed by atoms with Crippen molar-refractivity contribution < 1.29 is 28.7 Å². The molecule has 0 radical (unpaired) electrons. The van der Waals surface area contributed by atoms with E-state index >= 15 is 0 Å². The molecule has 2 aromatic rings. The fraction of sp³-hybridized carbons (Fsp3) is 0.650. The van der Waals surface area contributed by atoms with Gasteiger partial charge in [0.25, 0.3) is 0 Å². The molecule has 0 aliphatic carbocycles. The van der Waals surface area contributed by atoms with E-state index in [1.807, 2.05) is 13.8 Å². The summed E-state index contributed by atoms with van der Waals surface area (Å²) in [6, 6.07) is -0.960. The lowest BCUT2D eigenvalue weighted by Crippen LogP contribution is -2.49. The van der Waals surface area contributed by atoms with E-state index in [0.29, 0.717) is 17.7 Å². The van der Waals surface area contributed by atoms with Crippen LogP contribution < -0.4 is 15.9 Å². The van der Waals surface area contributed by atoms with Gasteiger partial charge in [0.2, 0.25) is 7.44 Å². The van der Waals surface area contributed by atoms with Crippen LogP contribution in [-0.4, -0.2) is 67.2 Å². The van der Waals surface area contributed by atoms with Crippen molar-refractivity contribution in [3.63, 3.8) is 0 Å². The summed E-state index contributed by atoms with van der Waals surface area (Å²) >= 11 is 0. The highest BCUT2D eigenvalue weighted by Gasteiger charge is 2.38. The number of nitrogen functional groups attached to an aromatic ring is 1. The first-order chi connectivity index (χ1) is 15.7. The second-order valence-electron chi connectivity index (χ2n) is 9.09. The van der Waals surface area contributed by atoms with Crippen LogP contribution in [0.25, 0.3) is 11.2 Å². The number of carboxylic acid groups (broad SMARTS) is 1. The lowest BCUT2D eigenvalue weighted by atomic mass is 10.1. The number of carbonyl (C=O) groups is 2. The first-order valence-electron chi connectivity index (χ1n) is 10.8. The van der Waals surface area contributed by atoms with Gasteiger partial charge in [-0.2, -0.15) is 0 Å². The van der Waals surface area contributed by atoms with Crippen LogP contribution >= 0.6 is 7.44 Å². The molecular formula is C20H34N7O6P. The summed E-state index contributed by atoms with van der Waals surface area (Å²) in [5.74, 6) is -1.42. The Morgan fingerprint density at radius 1 is 1.24 bits per heavy atom. The molecule has 0 saturated carbocycles. The van der Waals surface area contributed by atoms with E-state index in [1.54, 1.807) is 17.8 Å². The maximum Gasteiger partial charge on any atom is 0.323 e. The number of imidazole rings is 1. The van der Waals surface area contributed by atoms with Crippen molar-refractivity contribution >= 4 is 36.4 Å². The maximum atomic E-state index is 13.7. The molecule has 0 fully saturated rings. The average molecular weight is 500 g/mol. The number of fused-ring (bicyclic) bond motifs is 1. The topological polar surface area (TPSA) is 184 Å². The summed E-state index contributed by atoms with van der Waals surface area (Å²) in [6.45, 7) is 10.3. The Balaban J connectivity index is 2.12. The van der Waals surface area contributed by atoms with Crippen LogP contribution in [0.4, 0.5) is 5.82 Å². The van der Waals surface area contributed by atoms with Crippen LogP contribution in [0.5, 0.6) is 0 Å². The molecule has 34 heavy (non-hydrogen) atoms. The number of aromatic nitrogens is 4. The second kappa shape index (κ2) is 11.2. The third kappa shape index (κ3) is 7.45. The lowest BCUT2D eigenvalue weighted by Gasteiger charge is -2.31. The zero-order chi connectivity index (χ0) is 25.7. The van der Waals surface area contributed by atoms with E-state index in [4.69, 9.17) is 15.2 Å². The molecule has 14 heteroatoms. The van der Waals surface area contributed by atoms with Gasteiger partial charge in [0.1, 0.15) is 29.8 Å². The van der Waals surface area contributed by atoms with Crippen LogP contribution in [0.15, 0.2) is 12.7 Å². The third-order valence-corrected chi connectivity index (χ3v) is 6.97. The Bertz CT molecular complexity index is 1060. The predicted octanol–water partition coefficient (Wildman–Crippen LogP) is 1.59. The van der Waals surface area contributed by atoms with Crippen LogP contribution in [0, 0.1) is 5.92 Å². The van der Waals surface area contributed by atoms with Gasteiger partial charge in [-0.05, 0) is 33.6 Å². The largest absolute Gasteiger partial charge is 0.480 e. The van der Waals surface area contributed by atoms with E-state index in [1.165, 1.54) is 27.1 Å². The normalized spacial score (nSPS) is 15.7. The Hall–Kier alpha value is -2.60. The molecule has 13 nitrogen and oxygen atoms in total. The highest BCUT2D eigenvalue weighted by Crippen LogP contribution is 2.40. The van der Waals surface area contributed by atoms with Gasteiger partial charge >= 0.3 is 11.9 Å². The Morgan fingerprint density at radius 2 is 1.91 bits per heavy atom. The molecule has 5 N–H and O–H groups in total. The van der Waals surface area contributed by atoms with Crippen molar-refractivity contribution in [2.24, 2.45) is 5.92 Å². The molecule has 3 unspecified atom stereocenters. The number of carboxylic acids is 1.